The second-order valence-electron chi connectivity index (χ2n) is 7.05. The number of esters is 1. The number of pyridine rings is 2. The molecule has 0 fully saturated rings. The molecule has 0 amide bonds. The number of ketones is 1. The van der Waals surface area contributed by atoms with Gasteiger partial charge in [-0.1, -0.05) is 6.92 Å². The van der Waals surface area contributed by atoms with Crippen LogP contribution in [0.15, 0.2) is 35.1 Å². The minimum atomic E-state index is -1.46. The number of aliphatic hydroxyl groups excluding tert-OH is 1. The molecule has 5 rings (SSSR count). The monoisotopic (exact) mass is 376 g/mol. The van der Waals surface area contributed by atoms with Crippen LogP contribution in [0.4, 0.5) is 0 Å². The van der Waals surface area contributed by atoms with E-state index in [-0.39, 0.29) is 23.5 Å². The first kappa shape index (κ1) is 16.8. The lowest BCUT2D eigenvalue weighted by Crippen LogP contribution is -2.32. The third-order valence-electron chi connectivity index (χ3n) is 5.42. The standard InChI is InChI=1S/C21H16N2O5/c1-2-17(24)10-3-4-15-11(5-10)6-12-8-23-16(18(12)22-15)7-13-14(20(23)26)9-28-21(27)19(13)25/h3-7,19,25H,2,8-9H2,1H3. The first-order chi connectivity index (χ1) is 13.5. The van der Waals surface area contributed by atoms with Crippen molar-refractivity contribution in [3.8, 4) is 11.4 Å². The average Bonchev–Trinajstić information content (AvgIpc) is 3.06. The number of benzene rings is 1. The third kappa shape index (κ3) is 2.26. The third-order valence-corrected chi connectivity index (χ3v) is 5.42. The van der Waals surface area contributed by atoms with Crippen LogP contribution in [0.5, 0.6) is 0 Å². The fourth-order valence-electron chi connectivity index (χ4n) is 3.91. The first-order valence-corrected chi connectivity index (χ1v) is 9.06. The summed E-state index contributed by atoms with van der Waals surface area (Å²) in [4.78, 5) is 41.2. The zero-order chi connectivity index (χ0) is 19.6. The van der Waals surface area contributed by atoms with Gasteiger partial charge in [-0.25, -0.2) is 9.78 Å². The maximum atomic E-state index is 12.9. The largest absolute Gasteiger partial charge is 0.458 e. The van der Waals surface area contributed by atoms with E-state index < -0.39 is 12.1 Å². The van der Waals surface area contributed by atoms with E-state index in [1.165, 1.54) is 0 Å². The quantitative estimate of drug-likeness (QED) is 0.425. The summed E-state index contributed by atoms with van der Waals surface area (Å²) in [5.74, 6) is -0.692. The van der Waals surface area contributed by atoms with Crippen LogP contribution in [0.3, 0.4) is 0 Å². The maximum absolute atomic E-state index is 12.9. The molecule has 2 aliphatic heterocycles. The molecule has 3 aromatic rings. The Hall–Kier alpha value is -3.32. The smallest absolute Gasteiger partial charge is 0.340 e. The van der Waals surface area contributed by atoms with E-state index in [0.29, 0.717) is 41.0 Å². The Morgan fingerprint density at radius 3 is 2.89 bits per heavy atom. The number of aliphatic hydroxyl groups is 1. The molecule has 0 radical (unpaired) electrons. The number of carbonyl (C=O) groups excluding carboxylic acids is 2. The van der Waals surface area contributed by atoms with Crippen molar-refractivity contribution in [3.63, 3.8) is 0 Å². The maximum Gasteiger partial charge on any atom is 0.340 e. The molecule has 0 saturated carbocycles. The molecule has 7 heteroatoms. The van der Waals surface area contributed by atoms with Crippen molar-refractivity contribution in [1.82, 2.24) is 9.55 Å². The van der Waals surface area contributed by atoms with Crippen molar-refractivity contribution in [2.24, 2.45) is 0 Å². The highest BCUT2D eigenvalue weighted by Gasteiger charge is 2.33. The number of Topliss-reactive ketones (excluding diaryl/α,β-unsaturated/α-hetero) is 1. The number of carbonyl (C=O) groups is 2. The van der Waals surface area contributed by atoms with Crippen LogP contribution in [-0.2, 0) is 22.7 Å². The van der Waals surface area contributed by atoms with E-state index in [1.807, 2.05) is 19.1 Å². The molecule has 0 aliphatic carbocycles. The zero-order valence-corrected chi connectivity index (χ0v) is 15.1. The number of hydrogen-bond acceptors (Lipinski definition) is 6. The van der Waals surface area contributed by atoms with Crippen molar-refractivity contribution in [3.05, 3.63) is 62.9 Å². The van der Waals surface area contributed by atoms with E-state index in [1.54, 1.807) is 22.8 Å². The summed E-state index contributed by atoms with van der Waals surface area (Å²) >= 11 is 0. The highest BCUT2D eigenvalue weighted by molar-refractivity contribution is 5.99. The number of nitrogens with zero attached hydrogens (tertiary/aromatic N) is 2. The summed E-state index contributed by atoms with van der Waals surface area (Å²) < 4.78 is 6.48. The summed E-state index contributed by atoms with van der Waals surface area (Å²) in [6.07, 6.45) is -1.03. The van der Waals surface area contributed by atoms with Gasteiger partial charge >= 0.3 is 5.97 Å². The van der Waals surface area contributed by atoms with E-state index in [4.69, 9.17) is 4.74 Å². The fraction of sp³-hybridized carbons (Fsp3) is 0.238. The van der Waals surface area contributed by atoms with Gasteiger partial charge in [0.05, 0.1) is 29.0 Å². The van der Waals surface area contributed by atoms with Gasteiger partial charge in [-0.2, -0.15) is 0 Å². The van der Waals surface area contributed by atoms with Gasteiger partial charge in [0, 0.05) is 28.5 Å². The first-order valence-electron chi connectivity index (χ1n) is 9.06. The summed E-state index contributed by atoms with van der Waals surface area (Å²) in [5.41, 5.74) is 3.72. The molecule has 0 spiro atoms. The van der Waals surface area contributed by atoms with Gasteiger partial charge in [-0.3, -0.25) is 9.59 Å². The fourth-order valence-corrected chi connectivity index (χ4v) is 3.91. The molecule has 1 N–H and O–H groups in total. The molecule has 0 bridgehead atoms. The summed E-state index contributed by atoms with van der Waals surface area (Å²) in [6.45, 7) is 2.02. The average molecular weight is 376 g/mol. The predicted octanol–water partition coefficient (Wildman–Crippen LogP) is 2.11. The SMILES string of the molecule is CCC(=O)c1ccc2nc3c(cc2c1)Cn1c-3cc2c(c1=O)COC(=O)C2O. The molecule has 4 heterocycles. The molecule has 140 valence electrons. The molecular weight excluding hydrogens is 360 g/mol. The zero-order valence-electron chi connectivity index (χ0n) is 15.1. The predicted molar refractivity (Wildman–Crippen MR) is 99.9 cm³/mol. The lowest BCUT2D eigenvalue weighted by atomic mass is 10.00. The highest BCUT2D eigenvalue weighted by Crippen LogP contribution is 2.35. The van der Waals surface area contributed by atoms with Crippen molar-refractivity contribution in [2.75, 3.05) is 0 Å². The normalized spacial score (nSPS) is 17.1. The Morgan fingerprint density at radius 1 is 1.29 bits per heavy atom. The lowest BCUT2D eigenvalue weighted by molar-refractivity contribution is -0.157. The van der Waals surface area contributed by atoms with Gasteiger partial charge in [-0.15, -0.1) is 0 Å². The molecule has 0 saturated heterocycles. The number of cyclic esters (lactones) is 1. The Bertz CT molecular complexity index is 1260. The van der Waals surface area contributed by atoms with Crippen molar-refractivity contribution in [1.29, 1.82) is 0 Å². The molecular formula is C21H16N2O5. The number of rotatable bonds is 2. The van der Waals surface area contributed by atoms with Crippen molar-refractivity contribution >= 4 is 22.7 Å². The van der Waals surface area contributed by atoms with Gasteiger partial charge in [-0.05, 0) is 30.3 Å². The Balaban J connectivity index is 1.70. The van der Waals surface area contributed by atoms with Gasteiger partial charge in [0.15, 0.2) is 11.9 Å². The minimum absolute atomic E-state index is 0.0632. The molecule has 1 aromatic carbocycles. The van der Waals surface area contributed by atoms with Crippen LogP contribution in [0.25, 0.3) is 22.3 Å². The van der Waals surface area contributed by atoms with Gasteiger partial charge < -0.3 is 14.4 Å². The molecule has 28 heavy (non-hydrogen) atoms. The second kappa shape index (κ2) is 5.84. The minimum Gasteiger partial charge on any atom is -0.458 e. The van der Waals surface area contributed by atoms with E-state index >= 15 is 0 Å². The molecule has 2 aromatic heterocycles. The Morgan fingerprint density at radius 2 is 2.11 bits per heavy atom. The van der Waals surface area contributed by atoms with Gasteiger partial charge in [0.2, 0.25) is 0 Å². The van der Waals surface area contributed by atoms with E-state index in [2.05, 4.69) is 4.98 Å². The summed E-state index contributed by atoms with van der Waals surface area (Å²) in [7, 11) is 0. The van der Waals surface area contributed by atoms with Gasteiger partial charge in [0.1, 0.15) is 6.61 Å². The van der Waals surface area contributed by atoms with Crippen LogP contribution in [-0.4, -0.2) is 26.4 Å². The van der Waals surface area contributed by atoms with Crippen molar-refractivity contribution < 1.29 is 19.4 Å². The molecule has 1 unspecified atom stereocenters. The Labute approximate surface area is 159 Å². The summed E-state index contributed by atoms with van der Waals surface area (Å²) in [5, 5.41) is 11.0. The number of hydrogen-bond donors (Lipinski definition) is 1. The summed E-state index contributed by atoms with van der Waals surface area (Å²) in [6, 6.07) is 8.96. The number of fused-ring (bicyclic) bond motifs is 5. The van der Waals surface area contributed by atoms with Crippen LogP contribution in [0.1, 0.15) is 46.5 Å². The number of ether oxygens (including phenoxy) is 1. The van der Waals surface area contributed by atoms with Crippen LogP contribution in [0, 0.1) is 0 Å². The molecule has 7 nitrogen and oxygen atoms in total. The molecule has 2 aliphatic rings. The Kier molecular flexibility index (Phi) is 3.51. The van der Waals surface area contributed by atoms with Crippen LogP contribution < -0.4 is 5.56 Å². The van der Waals surface area contributed by atoms with Crippen LogP contribution in [0.2, 0.25) is 0 Å². The number of aromatic nitrogens is 2. The van der Waals surface area contributed by atoms with E-state index in [0.717, 1.165) is 10.9 Å². The van der Waals surface area contributed by atoms with Crippen LogP contribution >= 0.6 is 0 Å². The topological polar surface area (TPSA) is 98.5 Å². The van der Waals surface area contributed by atoms with Gasteiger partial charge in [0.25, 0.3) is 5.56 Å². The lowest BCUT2D eigenvalue weighted by Gasteiger charge is -2.21. The van der Waals surface area contributed by atoms with Crippen molar-refractivity contribution in [2.45, 2.75) is 32.6 Å². The highest BCUT2D eigenvalue weighted by atomic mass is 16.5. The van der Waals surface area contributed by atoms with E-state index in [9.17, 15) is 19.5 Å². The second-order valence-corrected chi connectivity index (χ2v) is 7.05. The molecule has 1 atom stereocenters.